The van der Waals surface area contributed by atoms with Gasteiger partial charge in [-0.3, -0.25) is 9.36 Å². The third-order valence-electron chi connectivity index (χ3n) is 8.46. The molecule has 3 fully saturated rings. The van der Waals surface area contributed by atoms with Gasteiger partial charge in [-0.25, -0.2) is 36.5 Å². The largest absolute Gasteiger partial charge is 0.475 e. The van der Waals surface area contributed by atoms with Crippen molar-refractivity contribution in [1.29, 1.82) is 0 Å². The van der Waals surface area contributed by atoms with Crippen molar-refractivity contribution in [3.63, 3.8) is 0 Å². The average molecular weight is 633 g/mol. The number of sulfone groups is 1. The topological polar surface area (TPSA) is 137 Å². The van der Waals surface area contributed by atoms with Crippen LogP contribution in [0.15, 0.2) is 34.2 Å². The summed E-state index contributed by atoms with van der Waals surface area (Å²) in [6.07, 6.45) is -1.65. The standard InChI is InChI=1S/C29H31F3N6O5S/c1-29(2)12-43-28(37-29)13-7-8-14(16(10-13)44(3,40)41)33-15-11-17(35-27(39)21-19-20(21)22(19)30)34-25-23(15)36-26(24(31)32)38(25)18-6-4-5-9-42-18/h7-8,10-11,18-22,24H,4-6,9,12H2,1-3H3,(H2,33,34,35,39). The molecule has 4 aliphatic rings. The van der Waals surface area contributed by atoms with Gasteiger partial charge in [0.2, 0.25) is 11.8 Å². The summed E-state index contributed by atoms with van der Waals surface area (Å²) in [5.74, 6) is -1.69. The van der Waals surface area contributed by atoms with Crippen molar-refractivity contribution < 1.29 is 35.9 Å². The summed E-state index contributed by atoms with van der Waals surface area (Å²) in [6.45, 7) is 4.51. The van der Waals surface area contributed by atoms with Gasteiger partial charge in [0.1, 0.15) is 30.3 Å². The van der Waals surface area contributed by atoms with Crippen molar-refractivity contribution in [3.05, 3.63) is 35.7 Å². The number of nitrogens with zero attached hydrogens (tertiary/aromatic N) is 4. The van der Waals surface area contributed by atoms with Gasteiger partial charge in [-0.2, -0.15) is 0 Å². The molecule has 7 rings (SSSR count). The van der Waals surface area contributed by atoms with E-state index >= 15 is 0 Å². The van der Waals surface area contributed by atoms with E-state index in [1.165, 1.54) is 22.8 Å². The van der Waals surface area contributed by atoms with E-state index in [4.69, 9.17) is 9.47 Å². The molecule has 1 saturated heterocycles. The number of rotatable bonds is 8. The number of benzene rings is 1. The van der Waals surface area contributed by atoms with Crippen molar-refractivity contribution >= 4 is 50.0 Å². The molecule has 0 radical (unpaired) electrons. The van der Waals surface area contributed by atoms with Gasteiger partial charge in [0.15, 0.2) is 21.3 Å². The van der Waals surface area contributed by atoms with Crippen LogP contribution >= 0.6 is 0 Å². The highest BCUT2D eigenvalue weighted by molar-refractivity contribution is 7.90. The molecule has 1 amide bonds. The molecule has 2 saturated carbocycles. The Morgan fingerprint density at radius 1 is 1.14 bits per heavy atom. The number of pyridine rings is 1. The molecule has 2 aliphatic carbocycles. The lowest BCUT2D eigenvalue weighted by Gasteiger charge is -2.25. The number of carbonyl (C=O) groups is 1. The molecule has 0 spiro atoms. The monoisotopic (exact) mass is 632 g/mol. The Morgan fingerprint density at radius 3 is 2.52 bits per heavy atom. The average Bonchev–Trinajstić information content (AvgIpc) is 3.77. The van der Waals surface area contributed by atoms with E-state index in [1.807, 2.05) is 13.8 Å². The Hall–Kier alpha value is -3.72. The first kappa shape index (κ1) is 29.0. The zero-order valence-electron chi connectivity index (χ0n) is 24.2. The summed E-state index contributed by atoms with van der Waals surface area (Å²) in [5.41, 5.74) is 0.354. The lowest BCUT2D eigenvalue weighted by atomic mass is 10.1. The number of aromatic nitrogens is 3. The second-order valence-corrected chi connectivity index (χ2v) is 14.4. The van der Waals surface area contributed by atoms with Gasteiger partial charge in [-0.05, 0) is 51.3 Å². The molecule has 2 N–H and O–H groups in total. The fraction of sp³-hybridized carbons (Fsp3) is 0.517. The lowest BCUT2D eigenvalue weighted by molar-refractivity contribution is -0.119. The van der Waals surface area contributed by atoms with Crippen molar-refractivity contribution in [2.24, 2.45) is 22.7 Å². The first-order valence-corrected chi connectivity index (χ1v) is 16.3. The quantitative estimate of drug-likeness (QED) is 0.357. The molecule has 234 valence electrons. The Labute approximate surface area is 251 Å². The molecule has 44 heavy (non-hydrogen) atoms. The van der Waals surface area contributed by atoms with E-state index in [0.29, 0.717) is 31.1 Å². The summed E-state index contributed by atoms with van der Waals surface area (Å²) in [7, 11) is -3.82. The number of hydrogen-bond acceptors (Lipinski definition) is 9. The Balaban J connectivity index is 1.33. The lowest BCUT2D eigenvalue weighted by Crippen LogP contribution is -2.22. The van der Waals surface area contributed by atoms with Crippen LogP contribution in [0.5, 0.6) is 0 Å². The summed E-state index contributed by atoms with van der Waals surface area (Å²) < 4.78 is 80.9. The first-order valence-electron chi connectivity index (χ1n) is 14.4. The maximum absolute atomic E-state index is 14.4. The van der Waals surface area contributed by atoms with Crippen LogP contribution in [0, 0.1) is 17.8 Å². The van der Waals surface area contributed by atoms with Gasteiger partial charge in [-0.15, -0.1) is 0 Å². The number of ether oxygens (including phenoxy) is 2. The van der Waals surface area contributed by atoms with Gasteiger partial charge in [0.25, 0.3) is 6.43 Å². The van der Waals surface area contributed by atoms with Crippen LogP contribution in [0.25, 0.3) is 11.2 Å². The zero-order valence-corrected chi connectivity index (χ0v) is 25.0. The highest BCUT2D eigenvalue weighted by Gasteiger charge is 2.77. The van der Waals surface area contributed by atoms with Crippen LogP contribution in [0.4, 0.5) is 30.4 Å². The van der Waals surface area contributed by atoms with Gasteiger partial charge < -0.3 is 20.1 Å². The Morgan fingerprint density at radius 2 is 1.91 bits per heavy atom. The fourth-order valence-electron chi connectivity index (χ4n) is 6.03. The Kier molecular flexibility index (Phi) is 6.70. The number of fused-ring (bicyclic) bond motifs is 2. The van der Waals surface area contributed by atoms with Crippen LogP contribution < -0.4 is 10.6 Å². The molecule has 3 atom stereocenters. The van der Waals surface area contributed by atoms with E-state index in [9.17, 15) is 26.4 Å². The molecule has 11 nitrogen and oxygen atoms in total. The molecule has 2 aliphatic heterocycles. The number of amides is 1. The second kappa shape index (κ2) is 10.2. The zero-order chi connectivity index (χ0) is 31.1. The summed E-state index contributed by atoms with van der Waals surface area (Å²) in [4.78, 5) is 26.0. The fourth-order valence-corrected chi connectivity index (χ4v) is 6.89. The maximum atomic E-state index is 14.4. The number of halogens is 3. The molecule has 2 aromatic heterocycles. The van der Waals surface area contributed by atoms with Crippen molar-refractivity contribution in [2.45, 2.75) is 62.4 Å². The number of imidazole rings is 1. The summed E-state index contributed by atoms with van der Waals surface area (Å²) in [6, 6.07) is 6.01. The van der Waals surface area contributed by atoms with Crippen LogP contribution in [-0.4, -0.2) is 65.9 Å². The van der Waals surface area contributed by atoms with Gasteiger partial charge in [-0.1, -0.05) is 0 Å². The van der Waals surface area contributed by atoms with Gasteiger partial charge in [0.05, 0.1) is 27.7 Å². The van der Waals surface area contributed by atoms with Crippen LogP contribution in [-0.2, 0) is 24.1 Å². The molecule has 4 heterocycles. The molecular formula is C29H31F3N6O5S. The molecule has 15 heteroatoms. The highest BCUT2D eigenvalue weighted by Crippen LogP contribution is 2.70. The predicted octanol–water partition coefficient (Wildman–Crippen LogP) is 4.92. The maximum Gasteiger partial charge on any atom is 0.295 e. The van der Waals surface area contributed by atoms with Crippen LogP contribution in [0.2, 0.25) is 0 Å². The number of nitrogens with one attached hydrogen (secondary N) is 2. The van der Waals surface area contributed by atoms with Crippen LogP contribution in [0.1, 0.15) is 57.2 Å². The van der Waals surface area contributed by atoms with E-state index in [2.05, 4.69) is 25.6 Å². The number of hydrogen-bond donors (Lipinski definition) is 2. The molecule has 0 bridgehead atoms. The summed E-state index contributed by atoms with van der Waals surface area (Å²) in [5, 5.41) is 5.74. The van der Waals surface area contributed by atoms with Gasteiger partial charge in [0, 0.05) is 36.3 Å². The smallest absolute Gasteiger partial charge is 0.295 e. The molecule has 3 unspecified atom stereocenters. The molecule has 1 aromatic carbocycles. The highest BCUT2D eigenvalue weighted by atomic mass is 32.2. The first-order chi connectivity index (χ1) is 20.8. The SMILES string of the molecule is CC1(C)COC(c2ccc(Nc3cc(NC(=O)C4C5C(F)C45)nc4c3nc(C(F)F)n4C3CCCCO3)c(S(C)(=O)=O)c2)=N1. The number of aliphatic imine (C=N–C) groups is 1. The van der Waals surface area contributed by atoms with E-state index in [1.54, 1.807) is 6.07 Å². The number of anilines is 3. The number of alkyl halides is 3. The van der Waals surface area contributed by atoms with Crippen molar-refractivity contribution in [2.75, 3.05) is 30.1 Å². The normalized spacial score (nSPS) is 27.1. The molecule has 3 aromatic rings. The van der Waals surface area contributed by atoms with Crippen molar-refractivity contribution in [1.82, 2.24) is 14.5 Å². The van der Waals surface area contributed by atoms with Crippen LogP contribution in [0.3, 0.4) is 0 Å². The summed E-state index contributed by atoms with van der Waals surface area (Å²) >= 11 is 0. The number of carbonyl (C=O) groups excluding carboxylic acids is 1. The minimum absolute atomic E-state index is 0.0259. The second-order valence-electron chi connectivity index (χ2n) is 12.4. The third-order valence-corrected chi connectivity index (χ3v) is 9.60. The van der Waals surface area contributed by atoms with Crippen molar-refractivity contribution in [3.8, 4) is 0 Å². The minimum atomic E-state index is -3.82. The van der Waals surface area contributed by atoms with E-state index in [-0.39, 0.29) is 45.1 Å². The van der Waals surface area contributed by atoms with E-state index in [0.717, 1.165) is 19.1 Å². The molecular weight excluding hydrogens is 601 g/mol. The Bertz CT molecular complexity index is 1810. The minimum Gasteiger partial charge on any atom is -0.475 e. The third kappa shape index (κ3) is 5.09. The predicted molar refractivity (Wildman–Crippen MR) is 155 cm³/mol. The van der Waals surface area contributed by atoms with Gasteiger partial charge >= 0.3 is 0 Å². The van der Waals surface area contributed by atoms with E-state index < -0.39 is 51.9 Å².